The molecule has 1 aromatic carbocycles. The molecule has 0 atom stereocenters. The number of carbonyl (C=O) groups is 1. The van der Waals surface area contributed by atoms with Gasteiger partial charge < -0.3 is 9.67 Å². The summed E-state index contributed by atoms with van der Waals surface area (Å²) in [6.07, 6.45) is 1.39. The first-order chi connectivity index (χ1) is 8.04. The molecule has 0 spiro atoms. The monoisotopic (exact) mass is 230 g/mol. The van der Waals surface area contributed by atoms with Gasteiger partial charge in [0.15, 0.2) is 0 Å². The molecule has 1 fully saturated rings. The number of fused-ring (bicyclic) bond motifs is 1. The summed E-state index contributed by atoms with van der Waals surface area (Å²) in [6.45, 7) is 2.02. The molecule has 3 rings (SSSR count). The van der Waals surface area contributed by atoms with Crippen LogP contribution in [0.25, 0.3) is 11.0 Å². The summed E-state index contributed by atoms with van der Waals surface area (Å²) in [5, 5.41) is 9.31. The molecule has 88 valence electrons. The van der Waals surface area contributed by atoms with Gasteiger partial charge in [-0.2, -0.15) is 0 Å². The lowest BCUT2D eigenvalue weighted by Crippen LogP contribution is -2.23. The Morgan fingerprint density at radius 2 is 2.18 bits per heavy atom. The summed E-state index contributed by atoms with van der Waals surface area (Å²) in [5.41, 5.74) is 2.31. The van der Waals surface area contributed by atoms with Gasteiger partial charge >= 0.3 is 5.97 Å². The number of nitrogens with zero attached hydrogens (tertiary/aromatic N) is 2. The standard InChI is InChI=1S/C13H14N2O2/c1-8-3-4-9-10(7-8)15(2)11(14-9)13(5-6-13)12(16)17/h3-4,7H,5-6H2,1-2H3,(H,16,17). The van der Waals surface area contributed by atoms with Crippen LogP contribution in [0.4, 0.5) is 0 Å². The minimum Gasteiger partial charge on any atom is -0.480 e. The largest absolute Gasteiger partial charge is 0.480 e. The number of carboxylic acid groups (broad SMARTS) is 1. The minimum absolute atomic E-state index is 0.686. The second kappa shape index (κ2) is 3.09. The highest BCUT2D eigenvalue weighted by atomic mass is 16.4. The number of carboxylic acids is 1. The van der Waals surface area contributed by atoms with E-state index >= 15 is 0 Å². The fourth-order valence-electron chi connectivity index (χ4n) is 2.39. The van der Waals surface area contributed by atoms with E-state index in [1.165, 1.54) is 0 Å². The van der Waals surface area contributed by atoms with Gasteiger partial charge in [0.05, 0.1) is 11.0 Å². The van der Waals surface area contributed by atoms with E-state index in [1.54, 1.807) is 0 Å². The topological polar surface area (TPSA) is 55.1 Å². The van der Waals surface area contributed by atoms with Crippen molar-refractivity contribution < 1.29 is 9.90 Å². The lowest BCUT2D eigenvalue weighted by atomic mass is 10.1. The SMILES string of the molecule is Cc1ccc2nc(C3(C(=O)O)CC3)n(C)c2c1. The summed E-state index contributed by atoms with van der Waals surface area (Å²) in [6, 6.07) is 6.00. The third-order valence-electron chi connectivity index (χ3n) is 3.62. The van der Waals surface area contributed by atoms with Gasteiger partial charge in [0.2, 0.25) is 0 Å². The van der Waals surface area contributed by atoms with Gasteiger partial charge in [0, 0.05) is 7.05 Å². The number of aromatic nitrogens is 2. The lowest BCUT2D eigenvalue weighted by molar-refractivity contribution is -0.140. The van der Waals surface area contributed by atoms with Gasteiger partial charge in [-0.1, -0.05) is 6.07 Å². The van der Waals surface area contributed by atoms with Gasteiger partial charge in [-0.05, 0) is 37.5 Å². The molecule has 0 radical (unpaired) electrons. The third-order valence-corrected chi connectivity index (χ3v) is 3.62. The Labute approximate surface area is 98.9 Å². The van der Waals surface area contributed by atoms with Crippen LogP contribution in [0.5, 0.6) is 0 Å². The van der Waals surface area contributed by atoms with Crippen LogP contribution >= 0.6 is 0 Å². The van der Waals surface area contributed by atoms with Gasteiger partial charge in [0.25, 0.3) is 0 Å². The van der Waals surface area contributed by atoms with Crippen molar-refractivity contribution in [2.45, 2.75) is 25.2 Å². The van der Waals surface area contributed by atoms with Gasteiger partial charge in [-0.25, -0.2) is 4.98 Å². The Morgan fingerprint density at radius 3 is 2.76 bits per heavy atom. The number of rotatable bonds is 2. The number of imidazole rings is 1. The number of aryl methyl sites for hydroxylation is 2. The molecule has 17 heavy (non-hydrogen) atoms. The molecule has 0 saturated heterocycles. The van der Waals surface area contributed by atoms with E-state index in [0.717, 1.165) is 16.6 Å². The van der Waals surface area contributed by atoms with Crippen molar-refractivity contribution in [3.8, 4) is 0 Å². The maximum absolute atomic E-state index is 11.3. The van der Waals surface area contributed by atoms with Crippen LogP contribution in [0.2, 0.25) is 0 Å². The molecular weight excluding hydrogens is 216 g/mol. The number of hydrogen-bond acceptors (Lipinski definition) is 2. The molecule has 1 N–H and O–H groups in total. The summed E-state index contributed by atoms with van der Waals surface area (Å²) in [4.78, 5) is 15.8. The number of hydrogen-bond donors (Lipinski definition) is 1. The van der Waals surface area contributed by atoms with Gasteiger partial charge in [-0.15, -0.1) is 0 Å². The van der Waals surface area contributed by atoms with Crippen LogP contribution in [0, 0.1) is 6.92 Å². The van der Waals surface area contributed by atoms with Crippen LogP contribution < -0.4 is 0 Å². The van der Waals surface area contributed by atoms with Crippen LogP contribution in [-0.2, 0) is 17.3 Å². The maximum Gasteiger partial charge on any atom is 0.317 e. The van der Waals surface area contributed by atoms with Crippen molar-refractivity contribution in [2.24, 2.45) is 7.05 Å². The highest BCUT2D eigenvalue weighted by Crippen LogP contribution is 2.48. The summed E-state index contributed by atoms with van der Waals surface area (Å²) < 4.78 is 1.92. The predicted octanol–water partition coefficient (Wildman–Crippen LogP) is 2.00. The molecule has 1 saturated carbocycles. The maximum atomic E-state index is 11.3. The van der Waals surface area contributed by atoms with Crippen molar-refractivity contribution in [2.75, 3.05) is 0 Å². The van der Waals surface area contributed by atoms with Crippen molar-refractivity contribution in [3.05, 3.63) is 29.6 Å². The Kier molecular flexibility index (Phi) is 1.88. The Morgan fingerprint density at radius 1 is 1.47 bits per heavy atom. The lowest BCUT2D eigenvalue weighted by Gasteiger charge is -2.09. The molecule has 2 aromatic rings. The van der Waals surface area contributed by atoms with E-state index in [-0.39, 0.29) is 0 Å². The van der Waals surface area contributed by atoms with E-state index in [1.807, 2.05) is 36.7 Å². The second-order valence-electron chi connectivity index (χ2n) is 4.87. The predicted molar refractivity (Wildman–Crippen MR) is 64.0 cm³/mol. The van der Waals surface area contributed by atoms with E-state index in [9.17, 15) is 9.90 Å². The molecule has 1 aliphatic carbocycles. The molecule has 0 aliphatic heterocycles. The van der Waals surface area contributed by atoms with E-state index in [0.29, 0.717) is 18.7 Å². The van der Waals surface area contributed by atoms with Crippen molar-refractivity contribution >= 4 is 17.0 Å². The van der Waals surface area contributed by atoms with Crippen molar-refractivity contribution in [1.29, 1.82) is 0 Å². The van der Waals surface area contributed by atoms with Crippen LogP contribution in [0.15, 0.2) is 18.2 Å². The zero-order chi connectivity index (χ0) is 12.2. The average molecular weight is 230 g/mol. The van der Waals surface area contributed by atoms with Crippen LogP contribution in [-0.4, -0.2) is 20.6 Å². The summed E-state index contributed by atoms with van der Waals surface area (Å²) in [7, 11) is 1.90. The molecule has 4 heteroatoms. The highest BCUT2D eigenvalue weighted by Gasteiger charge is 2.55. The normalized spacial score (nSPS) is 17.3. The fraction of sp³-hybridized carbons (Fsp3) is 0.385. The van der Waals surface area contributed by atoms with E-state index in [2.05, 4.69) is 4.98 Å². The molecule has 1 heterocycles. The van der Waals surface area contributed by atoms with E-state index in [4.69, 9.17) is 0 Å². The first-order valence-electron chi connectivity index (χ1n) is 5.71. The molecule has 0 unspecified atom stereocenters. The minimum atomic E-state index is -0.757. The molecular formula is C13H14N2O2. The fourth-order valence-corrected chi connectivity index (χ4v) is 2.39. The first-order valence-corrected chi connectivity index (χ1v) is 5.71. The third kappa shape index (κ3) is 1.30. The summed E-state index contributed by atoms with van der Waals surface area (Å²) >= 11 is 0. The van der Waals surface area contributed by atoms with Gasteiger partial charge in [-0.3, -0.25) is 4.79 Å². The average Bonchev–Trinajstić information content (AvgIpc) is 3.02. The smallest absolute Gasteiger partial charge is 0.317 e. The van der Waals surface area contributed by atoms with Crippen LogP contribution in [0.1, 0.15) is 24.2 Å². The quantitative estimate of drug-likeness (QED) is 0.858. The Hall–Kier alpha value is -1.84. The highest BCUT2D eigenvalue weighted by molar-refractivity contribution is 5.86. The Bertz CT molecular complexity index is 624. The number of aliphatic carboxylic acids is 1. The molecule has 1 aliphatic rings. The Balaban J connectivity index is 2.25. The van der Waals surface area contributed by atoms with Crippen LogP contribution in [0.3, 0.4) is 0 Å². The number of benzene rings is 1. The van der Waals surface area contributed by atoms with Crippen molar-refractivity contribution in [1.82, 2.24) is 9.55 Å². The molecule has 1 aromatic heterocycles. The zero-order valence-electron chi connectivity index (χ0n) is 9.90. The van der Waals surface area contributed by atoms with Crippen molar-refractivity contribution in [3.63, 3.8) is 0 Å². The summed E-state index contributed by atoms with van der Waals surface area (Å²) in [5.74, 6) is -0.0711. The first kappa shape index (κ1) is 10.3. The molecule has 4 nitrogen and oxygen atoms in total. The molecule has 0 amide bonds. The van der Waals surface area contributed by atoms with Gasteiger partial charge in [0.1, 0.15) is 11.2 Å². The zero-order valence-corrected chi connectivity index (χ0v) is 9.90. The molecule has 0 bridgehead atoms. The van der Waals surface area contributed by atoms with E-state index < -0.39 is 11.4 Å². The second-order valence-corrected chi connectivity index (χ2v) is 4.87.